The molecule has 1 aromatic heterocycles. The number of hydrogen-bond donors (Lipinski definition) is 2. The summed E-state index contributed by atoms with van der Waals surface area (Å²) in [4.78, 5) is 14.7. The van der Waals surface area contributed by atoms with Gasteiger partial charge in [0.25, 0.3) is 0 Å². The van der Waals surface area contributed by atoms with Crippen LogP contribution in [0.15, 0.2) is 41.8 Å². The summed E-state index contributed by atoms with van der Waals surface area (Å²) in [5, 5.41) is 22.4. The van der Waals surface area contributed by atoms with E-state index in [0.29, 0.717) is 5.56 Å². The molecule has 5 heteroatoms. The van der Waals surface area contributed by atoms with Crippen molar-refractivity contribution in [1.29, 1.82) is 0 Å². The summed E-state index contributed by atoms with van der Waals surface area (Å²) in [6.07, 6.45) is 2.83. The average Bonchev–Trinajstić information content (AvgIpc) is 2.35. The number of pyridine rings is 1. The van der Waals surface area contributed by atoms with Gasteiger partial charge in [0.2, 0.25) is 0 Å². The number of carboxylic acids is 1. The van der Waals surface area contributed by atoms with Crippen molar-refractivity contribution in [2.45, 2.75) is 6.42 Å². The third-order valence-corrected chi connectivity index (χ3v) is 2.42. The van der Waals surface area contributed by atoms with E-state index < -0.39 is 5.97 Å². The summed E-state index contributed by atoms with van der Waals surface area (Å²) in [5.41, 5.74) is 0.634. The van der Waals surface area contributed by atoms with Crippen molar-refractivity contribution in [1.82, 2.24) is 4.98 Å². The monoisotopic (exact) mass is 230 g/mol. The number of hydrogen-bond acceptors (Lipinski definition) is 4. The molecular weight excluding hydrogens is 220 g/mol. The molecule has 0 saturated heterocycles. The zero-order valence-corrected chi connectivity index (χ0v) is 8.87. The van der Waals surface area contributed by atoms with Gasteiger partial charge in [-0.25, -0.2) is 0 Å². The summed E-state index contributed by atoms with van der Waals surface area (Å²) in [6.45, 7) is 0. The van der Waals surface area contributed by atoms with E-state index in [9.17, 15) is 4.79 Å². The topological polar surface area (TPSA) is 82.8 Å². The molecule has 2 rings (SSSR count). The fraction of sp³-hybridized carbons (Fsp3) is 0.0833. The van der Waals surface area contributed by atoms with Crippen LogP contribution in [-0.4, -0.2) is 27.0 Å². The van der Waals surface area contributed by atoms with Gasteiger partial charge in [0.1, 0.15) is 0 Å². The van der Waals surface area contributed by atoms with Crippen LogP contribution < -0.4 is 0 Å². The zero-order chi connectivity index (χ0) is 12.3. The Morgan fingerprint density at radius 3 is 2.76 bits per heavy atom. The van der Waals surface area contributed by atoms with Crippen LogP contribution >= 0.6 is 0 Å². The summed E-state index contributed by atoms with van der Waals surface area (Å²) >= 11 is 0. The van der Waals surface area contributed by atoms with Gasteiger partial charge in [0.15, 0.2) is 0 Å². The van der Waals surface area contributed by atoms with E-state index in [0.717, 1.165) is 10.8 Å². The number of carboxylic acid groups (broad SMARTS) is 1. The Bertz CT molecular complexity index is 588. The van der Waals surface area contributed by atoms with Crippen LogP contribution in [0.25, 0.3) is 10.8 Å². The van der Waals surface area contributed by atoms with Crippen molar-refractivity contribution in [3.05, 3.63) is 42.2 Å². The largest absolute Gasteiger partial charge is 0.481 e. The standard InChI is InChI=1S/C12H10N2O3/c15-12(16)5-11(14-17)10-7-13-6-8-3-1-2-4-9(8)10/h1-4,6-7,17H,5H2,(H,15,16)/b14-11-. The zero-order valence-electron chi connectivity index (χ0n) is 8.87. The van der Waals surface area contributed by atoms with E-state index in [1.165, 1.54) is 6.20 Å². The van der Waals surface area contributed by atoms with Gasteiger partial charge >= 0.3 is 5.97 Å². The van der Waals surface area contributed by atoms with E-state index in [2.05, 4.69) is 10.1 Å². The minimum atomic E-state index is -1.05. The molecule has 86 valence electrons. The molecule has 0 radical (unpaired) electrons. The Kier molecular flexibility index (Phi) is 3.00. The second-order valence-electron chi connectivity index (χ2n) is 3.53. The van der Waals surface area contributed by atoms with Crippen LogP contribution in [0.5, 0.6) is 0 Å². The molecule has 0 atom stereocenters. The normalized spacial score (nSPS) is 11.6. The number of fused-ring (bicyclic) bond motifs is 1. The number of benzene rings is 1. The first-order valence-electron chi connectivity index (χ1n) is 4.98. The van der Waals surface area contributed by atoms with Crippen LogP contribution in [0.2, 0.25) is 0 Å². The van der Waals surface area contributed by atoms with E-state index >= 15 is 0 Å². The lowest BCUT2D eigenvalue weighted by atomic mass is 10.0. The summed E-state index contributed by atoms with van der Waals surface area (Å²) < 4.78 is 0. The van der Waals surface area contributed by atoms with Crippen LogP contribution in [0.1, 0.15) is 12.0 Å². The Balaban J connectivity index is 2.58. The van der Waals surface area contributed by atoms with E-state index in [1.54, 1.807) is 6.20 Å². The highest BCUT2D eigenvalue weighted by atomic mass is 16.4. The van der Waals surface area contributed by atoms with Crippen LogP contribution in [-0.2, 0) is 4.79 Å². The molecule has 0 aliphatic rings. The molecule has 1 heterocycles. The van der Waals surface area contributed by atoms with Gasteiger partial charge in [0, 0.05) is 23.3 Å². The van der Waals surface area contributed by atoms with E-state index in [-0.39, 0.29) is 12.1 Å². The third-order valence-electron chi connectivity index (χ3n) is 2.42. The van der Waals surface area contributed by atoms with E-state index in [1.807, 2.05) is 24.3 Å². The van der Waals surface area contributed by atoms with Gasteiger partial charge in [0.05, 0.1) is 12.1 Å². The second-order valence-corrected chi connectivity index (χ2v) is 3.53. The molecule has 0 aliphatic heterocycles. The fourth-order valence-corrected chi connectivity index (χ4v) is 1.67. The molecule has 2 N–H and O–H groups in total. The van der Waals surface area contributed by atoms with Gasteiger partial charge in [-0.3, -0.25) is 9.78 Å². The predicted octanol–water partition coefficient (Wildman–Crippen LogP) is 1.89. The van der Waals surface area contributed by atoms with Crippen LogP contribution in [0.4, 0.5) is 0 Å². The Morgan fingerprint density at radius 1 is 1.29 bits per heavy atom. The number of rotatable bonds is 3. The van der Waals surface area contributed by atoms with Crippen LogP contribution in [0.3, 0.4) is 0 Å². The van der Waals surface area contributed by atoms with Crippen molar-refractivity contribution in [2.75, 3.05) is 0 Å². The summed E-state index contributed by atoms with van der Waals surface area (Å²) in [5.74, 6) is -1.05. The maximum absolute atomic E-state index is 10.7. The predicted molar refractivity (Wildman–Crippen MR) is 62.3 cm³/mol. The third kappa shape index (κ3) is 2.23. The highest BCUT2D eigenvalue weighted by molar-refractivity contribution is 6.15. The van der Waals surface area contributed by atoms with Gasteiger partial charge in [-0.05, 0) is 5.39 Å². The molecule has 0 amide bonds. The summed E-state index contributed by atoms with van der Waals surface area (Å²) in [7, 11) is 0. The quantitative estimate of drug-likeness (QED) is 0.479. The first-order valence-corrected chi connectivity index (χ1v) is 4.98. The van der Waals surface area contributed by atoms with Crippen molar-refractivity contribution in [3.8, 4) is 0 Å². The highest BCUT2D eigenvalue weighted by Gasteiger charge is 2.12. The molecule has 0 spiro atoms. The highest BCUT2D eigenvalue weighted by Crippen LogP contribution is 2.18. The second kappa shape index (κ2) is 4.61. The van der Waals surface area contributed by atoms with E-state index in [4.69, 9.17) is 10.3 Å². The minimum Gasteiger partial charge on any atom is -0.481 e. The van der Waals surface area contributed by atoms with Crippen molar-refractivity contribution < 1.29 is 15.1 Å². The summed E-state index contributed by atoms with van der Waals surface area (Å²) in [6, 6.07) is 7.39. The van der Waals surface area contributed by atoms with Crippen molar-refractivity contribution in [3.63, 3.8) is 0 Å². The number of carbonyl (C=O) groups is 1. The van der Waals surface area contributed by atoms with Gasteiger partial charge in [-0.2, -0.15) is 0 Å². The molecule has 17 heavy (non-hydrogen) atoms. The van der Waals surface area contributed by atoms with Gasteiger partial charge in [-0.15, -0.1) is 0 Å². The molecule has 0 bridgehead atoms. The molecule has 2 aromatic rings. The molecule has 0 unspecified atom stereocenters. The Morgan fingerprint density at radius 2 is 2.06 bits per heavy atom. The molecule has 0 fully saturated rings. The fourth-order valence-electron chi connectivity index (χ4n) is 1.67. The van der Waals surface area contributed by atoms with Crippen molar-refractivity contribution >= 4 is 22.5 Å². The molecule has 1 aromatic carbocycles. The lowest BCUT2D eigenvalue weighted by molar-refractivity contribution is -0.135. The number of aromatic nitrogens is 1. The Hall–Kier alpha value is -2.43. The van der Waals surface area contributed by atoms with Gasteiger partial charge in [-0.1, -0.05) is 29.4 Å². The van der Waals surface area contributed by atoms with Crippen molar-refractivity contribution in [2.24, 2.45) is 5.16 Å². The maximum Gasteiger partial charge on any atom is 0.309 e. The molecule has 0 aliphatic carbocycles. The lowest BCUT2D eigenvalue weighted by Gasteiger charge is -2.05. The smallest absolute Gasteiger partial charge is 0.309 e. The first-order chi connectivity index (χ1) is 8.22. The first kappa shape index (κ1) is 11.1. The number of aliphatic carboxylic acids is 1. The molecule has 5 nitrogen and oxygen atoms in total. The maximum atomic E-state index is 10.7. The number of oxime groups is 1. The van der Waals surface area contributed by atoms with Crippen LogP contribution in [0, 0.1) is 0 Å². The Labute approximate surface area is 97.0 Å². The number of nitrogens with zero attached hydrogens (tertiary/aromatic N) is 2. The molecular formula is C12H10N2O3. The van der Waals surface area contributed by atoms with Gasteiger partial charge < -0.3 is 10.3 Å². The lowest BCUT2D eigenvalue weighted by Crippen LogP contribution is -2.09. The SMILES string of the molecule is O=C(O)C/C(=N/O)c1cncc2ccccc12. The average molecular weight is 230 g/mol. The molecule has 0 saturated carbocycles. The minimum absolute atomic E-state index is 0.0989.